The summed E-state index contributed by atoms with van der Waals surface area (Å²) in [4.78, 5) is 14.6. The number of amides is 1. The molecule has 2 saturated carbocycles. The molecular formula is C17H23FN2O. The molecule has 4 heteroatoms. The van der Waals surface area contributed by atoms with Gasteiger partial charge in [0.15, 0.2) is 0 Å². The molecule has 3 nitrogen and oxygen atoms in total. The van der Waals surface area contributed by atoms with Crippen molar-refractivity contribution < 1.29 is 9.18 Å². The van der Waals surface area contributed by atoms with Crippen molar-refractivity contribution in [1.82, 2.24) is 4.90 Å². The summed E-state index contributed by atoms with van der Waals surface area (Å²) in [5, 5.41) is 0. The fraction of sp³-hybridized carbons (Fsp3) is 0.588. The molecule has 0 bridgehead atoms. The van der Waals surface area contributed by atoms with Gasteiger partial charge in [-0.15, -0.1) is 0 Å². The summed E-state index contributed by atoms with van der Waals surface area (Å²) in [6, 6.07) is 6.77. The Balaban J connectivity index is 1.66. The van der Waals surface area contributed by atoms with Gasteiger partial charge in [0, 0.05) is 24.5 Å². The van der Waals surface area contributed by atoms with E-state index in [2.05, 4.69) is 0 Å². The van der Waals surface area contributed by atoms with Crippen molar-refractivity contribution in [3.05, 3.63) is 35.6 Å². The Bertz CT molecular complexity index is 504. The number of nitrogens with zero attached hydrogens (tertiary/aromatic N) is 1. The quantitative estimate of drug-likeness (QED) is 0.906. The van der Waals surface area contributed by atoms with Gasteiger partial charge < -0.3 is 10.6 Å². The van der Waals surface area contributed by atoms with Crippen LogP contribution in [-0.4, -0.2) is 22.4 Å². The van der Waals surface area contributed by atoms with Gasteiger partial charge in [0.25, 0.3) is 0 Å². The summed E-state index contributed by atoms with van der Waals surface area (Å²) in [6.45, 7) is 0.569. The van der Waals surface area contributed by atoms with Gasteiger partial charge in [0.05, 0.1) is 0 Å². The molecule has 0 unspecified atom stereocenters. The van der Waals surface area contributed by atoms with E-state index in [0.717, 1.165) is 44.1 Å². The molecule has 1 aromatic carbocycles. The highest BCUT2D eigenvalue weighted by Gasteiger charge is 2.37. The molecule has 3 rings (SSSR count). The third-order valence-corrected chi connectivity index (χ3v) is 4.68. The predicted octanol–water partition coefficient (Wildman–Crippen LogP) is 2.98. The zero-order valence-electron chi connectivity index (χ0n) is 12.4. The summed E-state index contributed by atoms with van der Waals surface area (Å²) in [5.41, 5.74) is 7.02. The van der Waals surface area contributed by atoms with E-state index in [-0.39, 0.29) is 17.3 Å². The van der Waals surface area contributed by atoms with Gasteiger partial charge in [0.2, 0.25) is 5.91 Å². The Kier molecular flexibility index (Phi) is 3.98. The number of benzene rings is 1. The number of hydrogen-bond donors (Lipinski definition) is 1. The molecule has 0 saturated heterocycles. The number of rotatable bonds is 5. The van der Waals surface area contributed by atoms with Crippen molar-refractivity contribution in [3.63, 3.8) is 0 Å². The SMILES string of the molecule is NC1(CC(=O)N(Cc2ccc(F)cc2)C2CC2)CCCC1. The molecular weight excluding hydrogens is 267 g/mol. The van der Waals surface area contributed by atoms with Gasteiger partial charge in [-0.1, -0.05) is 25.0 Å². The van der Waals surface area contributed by atoms with Crippen molar-refractivity contribution in [2.75, 3.05) is 0 Å². The van der Waals surface area contributed by atoms with Crippen molar-refractivity contribution in [3.8, 4) is 0 Å². The minimum atomic E-state index is -0.299. The summed E-state index contributed by atoms with van der Waals surface area (Å²) < 4.78 is 13.0. The fourth-order valence-electron chi connectivity index (χ4n) is 3.25. The summed E-state index contributed by atoms with van der Waals surface area (Å²) in [6.07, 6.45) is 6.76. The molecule has 0 radical (unpaired) electrons. The first-order valence-electron chi connectivity index (χ1n) is 7.89. The van der Waals surface area contributed by atoms with Crippen molar-refractivity contribution in [1.29, 1.82) is 0 Å². The highest BCUT2D eigenvalue weighted by Crippen LogP contribution is 2.34. The van der Waals surface area contributed by atoms with Gasteiger partial charge in [-0.3, -0.25) is 4.79 Å². The van der Waals surface area contributed by atoms with Gasteiger partial charge >= 0.3 is 0 Å². The minimum Gasteiger partial charge on any atom is -0.335 e. The van der Waals surface area contributed by atoms with E-state index in [0.29, 0.717) is 19.0 Å². The average Bonchev–Trinajstić information content (AvgIpc) is 3.20. The van der Waals surface area contributed by atoms with E-state index in [1.165, 1.54) is 12.1 Å². The normalized spacial score (nSPS) is 20.5. The van der Waals surface area contributed by atoms with E-state index in [9.17, 15) is 9.18 Å². The Hall–Kier alpha value is -1.42. The van der Waals surface area contributed by atoms with Crippen LogP contribution in [0.25, 0.3) is 0 Å². The Morgan fingerprint density at radius 2 is 1.86 bits per heavy atom. The van der Waals surface area contributed by atoms with Gasteiger partial charge in [0.1, 0.15) is 5.82 Å². The van der Waals surface area contributed by atoms with Crippen LogP contribution in [-0.2, 0) is 11.3 Å². The molecule has 2 aliphatic rings. The first kappa shape index (κ1) is 14.5. The van der Waals surface area contributed by atoms with Crippen LogP contribution in [0.2, 0.25) is 0 Å². The maximum absolute atomic E-state index is 13.0. The summed E-state index contributed by atoms with van der Waals surface area (Å²) in [7, 11) is 0. The van der Waals surface area contributed by atoms with Crippen LogP contribution in [0, 0.1) is 5.82 Å². The number of carbonyl (C=O) groups is 1. The molecule has 2 N–H and O–H groups in total. The molecule has 0 heterocycles. The zero-order chi connectivity index (χ0) is 14.9. The maximum Gasteiger partial charge on any atom is 0.224 e. The topological polar surface area (TPSA) is 46.3 Å². The molecule has 0 atom stereocenters. The largest absolute Gasteiger partial charge is 0.335 e. The predicted molar refractivity (Wildman–Crippen MR) is 80.0 cm³/mol. The number of halogens is 1. The minimum absolute atomic E-state index is 0.159. The van der Waals surface area contributed by atoms with Gasteiger partial charge in [-0.25, -0.2) is 4.39 Å². The highest BCUT2D eigenvalue weighted by atomic mass is 19.1. The highest BCUT2D eigenvalue weighted by molar-refractivity contribution is 5.78. The summed E-state index contributed by atoms with van der Waals surface area (Å²) >= 11 is 0. The second-order valence-corrected chi connectivity index (χ2v) is 6.63. The summed E-state index contributed by atoms with van der Waals surface area (Å²) in [5.74, 6) is -0.0823. The Morgan fingerprint density at radius 1 is 1.24 bits per heavy atom. The number of carbonyl (C=O) groups excluding carboxylic acids is 1. The fourth-order valence-corrected chi connectivity index (χ4v) is 3.25. The molecule has 1 amide bonds. The molecule has 114 valence electrons. The molecule has 1 aromatic rings. The Morgan fingerprint density at radius 3 is 2.43 bits per heavy atom. The van der Waals surface area contributed by atoms with Crippen LogP contribution in [0.4, 0.5) is 4.39 Å². The van der Waals surface area contributed by atoms with E-state index < -0.39 is 0 Å². The molecule has 0 spiro atoms. The lowest BCUT2D eigenvalue weighted by molar-refractivity contribution is -0.133. The van der Waals surface area contributed by atoms with Crippen LogP contribution in [0.15, 0.2) is 24.3 Å². The Labute approximate surface area is 125 Å². The second kappa shape index (κ2) is 5.76. The van der Waals surface area contributed by atoms with E-state index in [4.69, 9.17) is 5.73 Å². The van der Waals surface area contributed by atoms with E-state index in [1.807, 2.05) is 4.90 Å². The molecule has 0 aliphatic heterocycles. The molecule has 2 aliphatic carbocycles. The van der Waals surface area contributed by atoms with Crippen LogP contribution < -0.4 is 5.73 Å². The van der Waals surface area contributed by atoms with Crippen LogP contribution >= 0.6 is 0 Å². The van der Waals surface area contributed by atoms with E-state index in [1.54, 1.807) is 12.1 Å². The second-order valence-electron chi connectivity index (χ2n) is 6.63. The standard InChI is InChI=1S/C17H23FN2O/c18-14-5-3-13(4-6-14)12-20(15-7-8-15)16(21)11-17(19)9-1-2-10-17/h3-6,15H,1-2,7-12,19H2. The smallest absolute Gasteiger partial charge is 0.224 e. The molecule has 21 heavy (non-hydrogen) atoms. The van der Waals surface area contributed by atoms with Gasteiger partial charge in [-0.2, -0.15) is 0 Å². The van der Waals surface area contributed by atoms with Crippen molar-refractivity contribution in [2.24, 2.45) is 5.73 Å². The molecule has 2 fully saturated rings. The van der Waals surface area contributed by atoms with Crippen LogP contribution in [0.1, 0.15) is 50.5 Å². The first-order valence-corrected chi connectivity index (χ1v) is 7.89. The first-order chi connectivity index (χ1) is 10.1. The lowest BCUT2D eigenvalue weighted by atomic mass is 9.94. The van der Waals surface area contributed by atoms with E-state index >= 15 is 0 Å². The van der Waals surface area contributed by atoms with Crippen LogP contribution in [0.3, 0.4) is 0 Å². The zero-order valence-corrected chi connectivity index (χ0v) is 12.4. The number of nitrogens with two attached hydrogens (primary N) is 1. The monoisotopic (exact) mass is 290 g/mol. The third kappa shape index (κ3) is 3.62. The third-order valence-electron chi connectivity index (χ3n) is 4.68. The number of hydrogen-bond acceptors (Lipinski definition) is 2. The average molecular weight is 290 g/mol. The van der Waals surface area contributed by atoms with Crippen molar-refractivity contribution >= 4 is 5.91 Å². The molecule has 0 aromatic heterocycles. The van der Waals surface area contributed by atoms with Gasteiger partial charge in [-0.05, 0) is 43.4 Å². The maximum atomic E-state index is 13.0. The lowest BCUT2D eigenvalue weighted by Gasteiger charge is -2.29. The van der Waals surface area contributed by atoms with Crippen LogP contribution in [0.5, 0.6) is 0 Å². The lowest BCUT2D eigenvalue weighted by Crippen LogP contribution is -2.44. The van der Waals surface area contributed by atoms with Crippen molar-refractivity contribution in [2.45, 2.75) is 63.1 Å².